The monoisotopic (exact) mass is 533 g/mol. The molecule has 2 aromatic heterocycles. The lowest BCUT2D eigenvalue weighted by Crippen LogP contribution is -2.50. The summed E-state index contributed by atoms with van der Waals surface area (Å²) in [5, 5.41) is 3.13. The van der Waals surface area contributed by atoms with Crippen LogP contribution in [-0.2, 0) is 9.84 Å². The number of nitrogens with zero attached hydrogens (tertiary/aromatic N) is 6. The van der Waals surface area contributed by atoms with E-state index in [0.29, 0.717) is 24.7 Å². The van der Waals surface area contributed by atoms with Crippen LogP contribution >= 0.6 is 0 Å². The molecular formula is C25H33F2N7O2S. The fraction of sp³-hybridized carbons (Fsp3) is 0.520. The number of aliphatic imine (C=N–C) groups is 1. The molecule has 2 saturated heterocycles. The van der Waals surface area contributed by atoms with Crippen molar-refractivity contribution in [3.63, 3.8) is 0 Å². The van der Waals surface area contributed by atoms with E-state index in [4.69, 9.17) is 4.98 Å². The maximum absolute atomic E-state index is 13.7. The molecule has 2 atom stereocenters. The van der Waals surface area contributed by atoms with Crippen LogP contribution in [0.2, 0.25) is 0 Å². The summed E-state index contributed by atoms with van der Waals surface area (Å²) in [6.07, 6.45) is 3.39. The zero-order valence-corrected chi connectivity index (χ0v) is 22.3. The molecule has 2 aliphatic heterocycles. The molecule has 0 radical (unpaired) electrons. The van der Waals surface area contributed by atoms with Gasteiger partial charge in [-0.25, -0.2) is 32.2 Å². The number of sulfone groups is 1. The van der Waals surface area contributed by atoms with Crippen molar-refractivity contribution >= 4 is 40.2 Å². The molecule has 2 fully saturated rings. The molecule has 12 heteroatoms. The fourth-order valence-electron chi connectivity index (χ4n) is 4.73. The van der Waals surface area contributed by atoms with E-state index >= 15 is 0 Å². The van der Waals surface area contributed by atoms with Gasteiger partial charge in [0, 0.05) is 37.7 Å². The number of pyridine rings is 1. The first-order chi connectivity index (χ1) is 17.4. The van der Waals surface area contributed by atoms with Gasteiger partial charge in [0.25, 0.3) is 0 Å². The molecule has 0 aromatic carbocycles. The number of nitrogens with one attached hydrogen (secondary N) is 1. The van der Waals surface area contributed by atoms with Gasteiger partial charge in [-0.2, -0.15) is 4.98 Å². The normalized spacial score (nSPS) is 20.9. The largest absolute Gasteiger partial charge is 0.356 e. The van der Waals surface area contributed by atoms with E-state index in [-0.39, 0.29) is 36.6 Å². The zero-order chi connectivity index (χ0) is 26.9. The Morgan fingerprint density at radius 3 is 2.49 bits per heavy atom. The van der Waals surface area contributed by atoms with E-state index in [2.05, 4.69) is 45.7 Å². The van der Waals surface area contributed by atoms with Gasteiger partial charge in [-0.05, 0) is 48.4 Å². The lowest BCUT2D eigenvalue weighted by Gasteiger charge is -2.41. The van der Waals surface area contributed by atoms with Gasteiger partial charge in [0.2, 0.25) is 5.95 Å². The second-order valence-corrected chi connectivity index (χ2v) is 12.3. The molecule has 37 heavy (non-hydrogen) atoms. The van der Waals surface area contributed by atoms with E-state index in [9.17, 15) is 17.2 Å². The number of halogens is 2. The quantitative estimate of drug-likeness (QED) is 0.490. The molecule has 2 aliphatic rings. The first-order valence-corrected chi connectivity index (χ1v) is 14.2. The van der Waals surface area contributed by atoms with E-state index in [1.165, 1.54) is 17.4 Å². The van der Waals surface area contributed by atoms with Gasteiger partial charge in [0.05, 0.1) is 18.8 Å². The molecule has 9 nitrogen and oxygen atoms in total. The predicted octanol–water partition coefficient (Wildman–Crippen LogP) is 3.39. The van der Waals surface area contributed by atoms with Gasteiger partial charge in [-0.3, -0.25) is 0 Å². The second-order valence-electron chi connectivity index (χ2n) is 10.1. The van der Waals surface area contributed by atoms with Crippen molar-refractivity contribution in [2.24, 2.45) is 10.9 Å². The summed E-state index contributed by atoms with van der Waals surface area (Å²) in [5.41, 5.74) is 2.92. The van der Waals surface area contributed by atoms with Crippen LogP contribution in [0.25, 0.3) is 6.08 Å². The first kappa shape index (κ1) is 26.9. The summed E-state index contributed by atoms with van der Waals surface area (Å²) in [7, 11) is -3.02. The summed E-state index contributed by atoms with van der Waals surface area (Å²) in [6.45, 7) is 10.9. The number of hydrogen-bond donors (Lipinski definition) is 1. The Balaban J connectivity index is 1.58. The number of hydrogen-bond acceptors (Lipinski definition) is 9. The highest BCUT2D eigenvalue weighted by molar-refractivity contribution is 7.90. The van der Waals surface area contributed by atoms with E-state index in [0.717, 1.165) is 22.5 Å². The van der Waals surface area contributed by atoms with Crippen LogP contribution in [-0.4, -0.2) is 80.6 Å². The number of aromatic nitrogens is 3. The van der Waals surface area contributed by atoms with Crippen LogP contribution in [0.3, 0.4) is 0 Å². The molecule has 2 aromatic rings. The van der Waals surface area contributed by atoms with Crippen LogP contribution in [0.1, 0.15) is 36.5 Å². The summed E-state index contributed by atoms with van der Waals surface area (Å²) < 4.78 is 50.6. The van der Waals surface area contributed by atoms with Crippen molar-refractivity contribution in [1.82, 2.24) is 15.0 Å². The second kappa shape index (κ2) is 10.7. The van der Waals surface area contributed by atoms with Gasteiger partial charge in [-0.15, -0.1) is 0 Å². The van der Waals surface area contributed by atoms with Crippen molar-refractivity contribution < 1.29 is 17.2 Å². The Morgan fingerprint density at radius 1 is 1.22 bits per heavy atom. The van der Waals surface area contributed by atoms with Crippen molar-refractivity contribution in [3.05, 3.63) is 41.0 Å². The highest BCUT2D eigenvalue weighted by atomic mass is 32.2. The van der Waals surface area contributed by atoms with Crippen molar-refractivity contribution in [1.29, 1.82) is 0 Å². The fourth-order valence-corrected chi connectivity index (χ4v) is 5.80. The summed E-state index contributed by atoms with van der Waals surface area (Å²) in [4.78, 5) is 21.0. The minimum atomic E-state index is -3.02. The van der Waals surface area contributed by atoms with Gasteiger partial charge >= 0.3 is 0 Å². The Labute approximate surface area is 216 Å². The van der Waals surface area contributed by atoms with Crippen LogP contribution in [0, 0.1) is 12.8 Å². The molecular weight excluding hydrogens is 500 g/mol. The molecule has 0 saturated carbocycles. The Kier molecular flexibility index (Phi) is 7.77. The van der Waals surface area contributed by atoms with Gasteiger partial charge in [0.15, 0.2) is 12.3 Å². The molecule has 1 N–H and O–H groups in total. The Morgan fingerprint density at radius 2 is 1.89 bits per heavy atom. The predicted molar refractivity (Wildman–Crippen MR) is 144 cm³/mol. The third kappa shape index (κ3) is 6.23. The van der Waals surface area contributed by atoms with Gasteiger partial charge in [-0.1, -0.05) is 13.8 Å². The molecule has 0 spiro atoms. The van der Waals surface area contributed by atoms with Gasteiger partial charge < -0.3 is 15.1 Å². The van der Waals surface area contributed by atoms with E-state index < -0.39 is 22.2 Å². The van der Waals surface area contributed by atoms with Crippen molar-refractivity contribution in [2.75, 3.05) is 53.3 Å². The van der Waals surface area contributed by atoms with Crippen molar-refractivity contribution in [2.45, 2.75) is 39.0 Å². The summed E-state index contributed by atoms with van der Waals surface area (Å²) >= 11 is 0. The molecule has 0 amide bonds. The minimum Gasteiger partial charge on any atom is -0.356 e. The molecule has 200 valence electrons. The number of alkyl halides is 2. The van der Waals surface area contributed by atoms with Crippen LogP contribution in [0.5, 0.6) is 0 Å². The first-order valence-electron chi connectivity index (χ1n) is 12.2. The molecule has 4 rings (SSSR count). The van der Waals surface area contributed by atoms with Crippen molar-refractivity contribution in [3.8, 4) is 0 Å². The molecule has 0 aliphatic carbocycles. The SMILES string of the molecule is C=N/C(=C\c1c(C(C)C)cnc(N2CC(CS(C)(=O)=O)C2)c1C)Nc1ccnc(N2C[C@H](F)[C@@H](F)C2)n1. The minimum absolute atomic E-state index is 0.0920. The Bertz CT molecular complexity index is 1290. The summed E-state index contributed by atoms with van der Waals surface area (Å²) in [5.74, 6) is 2.37. The van der Waals surface area contributed by atoms with E-state index in [1.807, 2.05) is 19.2 Å². The molecule has 0 bridgehead atoms. The number of rotatable bonds is 9. The maximum Gasteiger partial charge on any atom is 0.227 e. The standard InChI is InChI=1S/C25H33F2N7O2S/c1-15(2)19-9-30-24(33-10-17(11-33)14-37(5,35)36)16(3)18(19)8-23(28-4)31-22-6-7-29-25(32-22)34-12-20(26)21(27)13-34/h6-9,15,17,20-21H,4,10-14H2,1-3,5H3,(H,29,31,32)/b23-8+/t20-,21-/m0/s1. The number of anilines is 3. The Hall–Kier alpha value is -3.15. The average molecular weight is 534 g/mol. The highest BCUT2D eigenvalue weighted by Crippen LogP contribution is 2.33. The van der Waals surface area contributed by atoms with E-state index in [1.54, 1.807) is 6.07 Å². The zero-order valence-electron chi connectivity index (χ0n) is 21.5. The highest BCUT2D eigenvalue weighted by Gasteiger charge is 2.34. The van der Waals surface area contributed by atoms with Crippen LogP contribution in [0.15, 0.2) is 29.3 Å². The lowest BCUT2D eigenvalue weighted by molar-refractivity contribution is 0.217. The third-order valence-corrected chi connectivity index (χ3v) is 7.69. The lowest BCUT2D eigenvalue weighted by atomic mass is 9.94. The third-order valence-electron chi connectivity index (χ3n) is 6.61. The molecule has 4 heterocycles. The van der Waals surface area contributed by atoms with Gasteiger partial charge in [0.1, 0.15) is 27.3 Å². The summed E-state index contributed by atoms with van der Waals surface area (Å²) in [6, 6.07) is 1.65. The maximum atomic E-state index is 13.7. The topological polar surface area (TPSA) is 104 Å². The van der Waals surface area contributed by atoms with Crippen LogP contribution in [0.4, 0.5) is 26.4 Å². The smallest absolute Gasteiger partial charge is 0.227 e. The van der Waals surface area contributed by atoms with Crippen LogP contribution < -0.4 is 15.1 Å². The average Bonchev–Trinajstić information content (AvgIpc) is 3.14. The molecule has 0 unspecified atom stereocenters.